The maximum atomic E-state index is 12.0. The summed E-state index contributed by atoms with van der Waals surface area (Å²) in [6.07, 6.45) is 9.90. The van der Waals surface area contributed by atoms with Crippen LogP contribution in [0.1, 0.15) is 73.0 Å². The minimum atomic E-state index is -0.962. The average molecular weight is 545 g/mol. The summed E-state index contributed by atoms with van der Waals surface area (Å²) in [5.41, 5.74) is -1.63. The van der Waals surface area contributed by atoms with E-state index in [0.29, 0.717) is 31.8 Å². The van der Waals surface area contributed by atoms with Crippen LogP contribution in [-0.4, -0.2) is 74.1 Å². The number of nitrogens with one attached hydrogen (secondary N) is 1. The summed E-state index contributed by atoms with van der Waals surface area (Å²) in [6.45, 7) is 8.48. The summed E-state index contributed by atoms with van der Waals surface area (Å²) in [6, 6.07) is 0. The number of aryl methyl sites for hydroxylation is 2. The van der Waals surface area contributed by atoms with E-state index in [2.05, 4.69) is 19.9 Å². The van der Waals surface area contributed by atoms with Gasteiger partial charge in [0.25, 0.3) is 0 Å². The Morgan fingerprint density at radius 1 is 0.973 bits per heavy atom. The molecule has 4 rings (SSSR count). The van der Waals surface area contributed by atoms with Gasteiger partial charge in [-0.1, -0.05) is 14.9 Å². The van der Waals surface area contributed by atoms with E-state index in [1.807, 2.05) is 58.0 Å². The fraction of sp³-hybridized carbons (Fsp3) is 0.731. The lowest BCUT2D eigenvalue weighted by Crippen LogP contribution is -2.47. The molecule has 4 heterocycles. The van der Waals surface area contributed by atoms with Crippen LogP contribution in [0.15, 0.2) is 24.8 Å². The molecule has 2 fully saturated rings. The first-order chi connectivity index (χ1) is 16.0. The number of piperidine rings is 2. The Kier molecular flexibility index (Phi) is 13.3. The fourth-order valence-electron chi connectivity index (χ4n) is 4.58. The van der Waals surface area contributed by atoms with Crippen molar-refractivity contribution in [1.29, 1.82) is 0 Å². The van der Waals surface area contributed by atoms with Crippen molar-refractivity contribution in [3.8, 4) is 0 Å². The monoisotopic (exact) mass is 544 g/mol. The highest BCUT2D eigenvalue weighted by Gasteiger charge is 2.39. The Morgan fingerprint density at radius 3 is 1.86 bits per heavy atom. The second kappa shape index (κ2) is 14.1. The molecule has 0 radical (unpaired) electrons. The first-order valence-corrected chi connectivity index (χ1v) is 11.9. The lowest BCUT2D eigenvalue weighted by Gasteiger charge is -2.38. The molecule has 0 unspecified atom stereocenters. The van der Waals surface area contributed by atoms with Crippen molar-refractivity contribution in [2.45, 2.75) is 78.1 Å². The third-order valence-electron chi connectivity index (χ3n) is 6.51. The third-order valence-corrected chi connectivity index (χ3v) is 6.51. The number of rotatable bonds is 3. The van der Waals surface area contributed by atoms with E-state index in [1.54, 1.807) is 18.2 Å². The van der Waals surface area contributed by atoms with Gasteiger partial charge in [-0.2, -0.15) is 0 Å². The molecule has 0 aliphatic carbocycles. The standard InChI is InChI=1S/C14H23N3O3.C10H17N3O.2CH4.ClH/c1-13(2,3)20-12(18)17-8-5-14(19,6-9-17)11-15-7-10-16(11)4;1-13-8-7-12-9(13)10(14-2)3-5-11-6-4-10;;;/h7,10,19H,5-6,8-9H2,1-4H3;7-8,11H,3-6H2,1-2H3;2*1H4;1H. The van der Waals surface area contributed by atoms with Crippen molar-refractivity contribution >= 4 is 18.5 Å². The van der Waals surface area contributed by atoms with Gasteiger partial charge in [0.2, 0.25) is 0 Å². The van der Waals surface area contributed by atoms with E-state index < -0.39 is 11.2 Å². The summed E-state index contributed by atoms with van der Waals surface area (Å²) in [5.74, 6) is 1.70. The molecule has 2 aliphatic rings. The number of ether oxygens (including phenoxy) is 2. The molecule has 214 valence electrons. The predicted octanol–water partition coefficient (Wildman–Crippen LogP) is 3.98. The maximum absolute atomic E-state index is 12.0. The van der Waals surface area contributed by atoms with Gasteiger partial charge in [0, 0.05) is 71.9 Å². The molecule has 2 saturated heterocycles. The van der Waals surface area contributed by atoms with Gasteiger partial charge in [-0.05, 0) is 46.7 Å². The van der Waals surface area contributed by atoms with E-state index in [0.717, 1.165) is 31.8 Å². The molecule has 0 spiro atoms. The van der Waals surface area contributed by atoms with Gasteiger partial charge in [0.15, 0.2) is 0 Å². The summed E-state index contributed by atoms with van der Waals surface area (Å²) >= 11 is 0. The first kappa shape index (κ1) is 34.9. The number of likely N-dealkylation sites (tertiary alicyclic amines) is 1. The normalized spacial score (nSPS) is 18.2. The third kappa shape index (κ3) is 8.43. The van der Waals surface area contributed by atoms with Gasteiger partial charge in [0.1, 0.15) is 28.5 Å². The quantitative estimate of drug-likeness (QED) is 0.602. The molecule has 0 aromatic carbocycles. The van der Waals surface area contributed by atoms with Crippen molar-refractivity contribution in [1.82, 2.24) is 29.3 Å². The Morgan fingerprint density at radius 2 is 1.46 bits per heavy atom. The molecule has 37 heavy (non-hydrogen) atoms. The van der Waals surface area contributed by atoms with Gasteiger partial charge in [0.05, 0.1) is 0 Å². The zero-order chi connectivity index (χ0) is 25.0. The van der Waals surface area contributed by atoms with Crippen LogP contribution in [0, 0.1) is 0 Å². The molecule has 0 atom stereocenters. The van der Waals surface area contributed by atoms with Crippen molar-refractivity contribution in [3.05, 3.63) is 36.4 Å². The highest BCUT2D eigenvalue weighted by molar-refractivity contribution is 5.85. The second-order valence-electron chi connectivity index (χ2n) is 10.2. The molecule has 2 aromatic heterocycles. The summed E-state index contributed by atoms with van der Waals surface area (Å²) < 4.78 is 14.9. The first-order valence-electron chi connectivity index (χ1n) is 11.9. The Bertz CT molecular complexity index is 941. The average Bonchev–Trinajstić information content (AvgIpc) is 3.42. The number of hydrogen-bond acceptors (Lipinski definition) is 7. The molecule has 2 aliphatic heterocycles. The molecule has 2 N–H and O–H groups in total. The van der Waals surface area contributed by atoms with Crippen LogP contribution in [0.3, 0.4) is 0 Å². The Balaban J connectivity index is 0.000000679. The van der Waals surface area contributed by atoms with Gasteiger partial charge < -0.3 is 33.9 Å². The van der Waals surface area contributed by atoms with Crippen molar-refractivity contribution in [3.63, 3.8) is 0 Å². The van der Waals surface area contributed by atoms with Crippen molar-refractivity contribution in [2.75, 3.05) is 33.3 Å². The topological polar surface area (TPSA) is 107 Å². The van der Waals surface area contributed by atoms with Crippen LogP contribution < -0.4 is 5.32 Å². The fourth-order valence-corrected chi connectivity index (χ4v) is 4.58. The van der Waals surface area contributed by atoms with Crippen molar-refractivity contribution in [2.24, 2.45) is 14.1 Å². The SMILES string of the molecule is C.C.COC1(c2nccn2C)CCNCC1.Cl.Cn1ccnc1C1(O)CCN(C(=O)OC(C)(C)C)CC1. The number of nitrogens with zero attached hydrogens (tertiary/aromatic N) is 5. The highest BCUT2D eigenvalue weighted by Crippen LogP contribution is 2.33. The number of hydrogen-bond donors (Lipinski definition) is 2. The van der Waals surface area contributed by atoms with Crippen LogP contribution in [-0.2, 0) is 34.8 Å². The summed E-state index contributed by atoms with van der Waals surface area (Å²) in [5, 5.41) is 14.0. The maximum Gasteiger partial charge on any atom is 0.410 e. The largest absolute Gasteiger partial charge is 0.444 e. The van der Waals surface area contributed by atoms with Crippen LogP contribution in [0.5, 0.6) is 0 Å². The molecule has 11 heteroatoms. The number of aromatic nitrogens is 4. The van der Waals surface area contributed by atoms with E-state index in [1.165, 1.54) is 0 Å². The van der Waals surface area contributed by atoms with E-state index >= 15 is 0 Å². The number of halogens is 1. The number of methoxy groups -OCH3 is 1. The van der Waals surface area contributed by atoms with Crippen molar-refractivity contribution < 1.29 is 19.4 Å². The Labute approximate surface area is 229 Å². The van der Waals surface area contributed by atoms with Crippen LogP contribution in [0.2, 0.25) is 0 Å². The number of carbonyl (C=O) groups is 1. The molecular formula is C26H49ClN6O4. The predicted molar refractivity (Wildman–Crippen MR) is 149 cm³/mol. The van der Waals surface area contributed by atoms with Gasteiger partial charge in [-0.15, -0.1) is 12.4 Å². The Hall–Kier alpha value is -2.14. The highest BCUT2D eigenvalue weighted by atomic mass is 35.5. The van der Waals surface area contributed by atoms with E-state index in [-0.39, 0.29) is 39.0 Å². The van der Waals surface area contributed by atoms with Gasteiger partial charge in [-0.25, -0.2) is 14.8 Å². The number of carbonyl (C=O) groups excluding carboxylic acids is 1. The number of imidazole rings is 2. The molecule has 0 bridgehead atoms. The second-order valence-corrected chi connectivity index (χ2v) is 10.2. The lowest BCUT2D eigenvalue weighted by molar-refractivity contribution is -0.0480. The van der Waals surface area contributed by atoms with Crippen LogP contribution >= 0.6 is 12.4 Å². The van der Waals surface area contributed by atoms with E-state index in [4.69, 9.17) is 9.47 Å². The molecule has 0 saturated carbocycles. The summed E-state index contributed by atoms with van der Waals surface area (Å²) in [7, 11) is 5.66. The molecule has 2 aromatic rings. The van der Waals surface area contributed by atoms with Crippen LogP contribution in [0.25, 0.3) is 0 Å². The smallest absolute Gasteiger partial charge is 0.410 e. The number of aliphatic hydroxyl groups is 1. The minimum Gasteiger partial charge on any atom is -0.444 e. The molecular weight excluding hydrogens is 496 g/mol. The lowest BCUT2D eigenvalue weighted by atomic mass is 9.90. The zero-order valence-electron chi connectivity index (χ0n) is 21.8. The zero-order valence-corrected chi connectivity index (χ0v) is 22.6. The summed E-state index contributed by atoms with van der Waals surface area (Å²) in [4.78, 5) is 22.2. The molecule has 10 nitrogen and oxygen atoms in total. The number of amides is 1. The van der Waals surface area contributed by atoms with Gasteiger partial charge in [-0.3, -0.25) is 0 Å². The minimum absolute atomic E-state index is 0. The molecule has 1 amide bonds. The van der Waals surface area contributed by atoms with E-state index in [9.17, 15) is 9.90 Å². The van der Waals surface area contributed by atoms with Gasteiger partial charge >= 0.3 is 6.09 Å². The van der Waals surface area contributed by atoms with Crippen LogP contribution in [0.4, 0.5) is 4.79 Å².